The number of ketones is 1. The van der Waals surface area contributed by atoms with Gasteiger partial charge in [-0.05, 0) is 12.8 Å². The van der Waals surface area contributed by atoms with E-state index in [9.17, 15) is 9.00 Å². The van der Waals surface area contributed by atoms with Gasteiger partial charge in [-0.3, -0.25) is 9.00 Å². The molecule has 1 aromatic rings. The molecule has 1 aliphatic heterocycles. The summed E-state index contributed by atoms with van der Waals surface area (Å²) in [6, 6.07) is 9.00. The van der Waals surface area contributed by atoms with E-state index in [0.717, 1.165) is 19.4 Å². The van der Waals surface area contributed by atoms with E-state index >= 15 is 0 Å². The fourth-order valence-corrected chi connectivity index (χ4v) is 3.15. The molecule has 0 aliphatic carbocycles. The maximum atomic E-state index is 11.8. The molecule has 1 aliphatic rings. The van der Waals surface area contributed by atoms with Gasteiger partial charge in [-0.2, -0.15) is 0 Å². The summed E-state index contributed by atoms with van der Waals surface area (Å²) in [7, 11) is -1.11. The van der Waals surface area contributed by atoms with Crippen LogP contribution in [0.2, 0.25) is 0 Å². The van der Waals surface area contributed by atoms with Crippen molar-refractivity contribution in [3.05, 3.63) is 35.9 Å². The third-order valence-corrected chi connectivity index (χ3v) is 4.11. The zero-order valence-corrected chi connectivity index (χ0v) is 10.4. The lowest BCUT2D eigenvalue weighted by Gasteiger charge is -2.08. The van der Waals surface area contributed by atoms with Gasteiger partial charge in [-0.25, -0.2) is 0 Å². The predicted octanol–water partition coefficient (Wildman–Crippen LogP) is 1.80. The molecule has 2 rings (SSSR count). The molecule has 92 valence electrons. The van der Waals surface area contributed by atoms with E-state index in [4.69, 9.17) is 4.74 Å². The van der Waals surface area contributed by atoms with E-state index in [1.807, 2.05) is 18.2 Å². The molecule has 0 amide bonds. The summed E-state index contributed by atoms with van der Waals surface area (Å²) < 4.78 is 17.2. The average molecular weight is 252 g/mol. The Kier molecular flexibility index (Phi) is 4.45. The van der Waals surface area contributed by atoms with Crippen LogP contribution in [0.3, 0.4) is 0 Å². The van der Waals surface area contributed by atoms with Crippen molar-refractivity contribution in [1.29, 1.82) is 0 Å². The Morgan fingerprint density at radius 2 is 2.12 bits per heavy atom. The van der Waals surface area contributed by atoms with E-state index < -0.39 is 10.8 Å². The molecule has 0 saturated carbocycles. The van der Waals surface area contributed by atoms with Gasteiger partial charge >= 0.3 is 0 Å². The van der Waals surface area contributed by atoms with Crippen molar-refractivity contribution < 1.29 is 13.7 Å². The third kappa shape index (κ3) is 3.75. The molecular weight excluding hydrogens is 236 g/mol. The Labute approximate surface area is 104 Å². The minimum atomic E-state index is -1.11. The molecule has 1 saturated heterocycles. The Morgan fingerprint density at radius 3 is 2.76 bits per heavy atom. The number of carbonyl (C=O) groups excluding carboxylic acids is 1. The van der Waals surface area contributed by atoms with Gasteiger partial charge in [-0.15, -0.1) is 0 Å². The predicted molar refractivity (Wildman–Crippen MR) is 67.6 cm³/mol. The first-order valence-electron chi connectivity index (χ1n) is 5.80. The van der Waals surface area contributed by atoms with Gasteiger partial charge in [-0.1, -0.05) is 30.3 Å². The Balaban J connectivity index is 1.84. The molecule has 2 atom stereocenters. The maximum Gasteiger partial charge on any atom is 0.175 e. The van der Waals surface area contributed by atoms with Crippen LogP contribution < -0.4 is 0 Å². The molecule has 1 fully saturated rings. The Hall–Kier alpha value is -1.00. The van der Waals surface area contributed by atoms with E-state index in [-0.39, 0.29) is 17.6 Å². The monoisotopic (exact) mass is 252 g/mol. The number of hydrogen-bond donors (Lipinski definition) is 0. The van der Waals surface area contributed by atoms with E-state index in [1.54, 1.807) is 12.1 Å². The van der Waals surface area contributed by atoms with E-state index in [0.29, 0.717) is 11.3 Å². The number of hydrogen-bond acceptors (Lipinski definition) is 3. The standard InChI is InChI=1S/C13H16O3S/c14-13(11-5-2-1-3-6-11)10-17(15)9-12-7-4-8-16-12/h1-3,5-6,12H,4,7-10H2. The van der Waals surface area contributed by atoms with Gasteiger partial charge < -0.3 is 4.74 Å². The van der Waals surface area contributed by atoms with Crippen LogP contribution in [0.5, 0.6) is 0 Å². The van der Waals surface area contributed by atoms with Crippen LogP contribution in [-0.4, -0.2) is 34.2 Å². The number of rotatable bonds is 5. The highest BCUT2D eigenvalue weighted by Gasteiger charge is 2.20. The van der Waals surface area contributed by atoms with Crippen molar-refractivity contribution in [3.63, 3.8) is 0 Å². The smallest absolute Gasteiger partial charge is 0.175 e. The van der Waals surface area contributed by atoms with Gasteiger partial charge in [0, 0.05) is 23.0 Å². The molecule has 0 radical (unpaired) electrons. The average Bonchev–Trinajstić information content (AvgIpc) is 2.82. The molecule has 0 bridgehead atoms. The van der Waals surface area contributed by atoms with Crippen molar-refractivity contribution in [3.8, 4) is 0 Å². The lowest BCUT2D eigenvalue weighted by Crippen LogP contribution is -2.21. The normalized spacial score (nSPS) is 21.3. The van der Waals surface area contributed by atoms with Crippen molar-refractivity contribution in [2.75, 3.05) is 18.1 Å². The summed E-state index contributed by atoms with van der Waals surface area (Å²) in [5.74, 6) is 0.532. The van der Waals surface area contributed by atoms with Crippen molar-refractivity contribution in [2.24, 2.45) is 0 Å². The minimum Gasteiger partial charge on any atom is -0.377 e. The first kappa shape index (κ1) is 12.5. The fourth-order valence-electron chi connectivity index (χ4n) is 1.90. The summed E-state index contributed by atoms with van der Waals surface area (Å²) in [5, 5.41) is 0. The highest BCUT2D eigenvalue weighted by atomic mass is 32.2. The van der Waals surface area contributed by atoms with E-state index in [1.165, 1.54) is 0 Å². The minimum absolute atomic E-state index is 0.0538. The van der Waals surface area contributed by atoms with Gasteiger partial charge in [0.25, 0.3) is 0 Å². The number of benzene rings is 1. The van der Waals surface area contributed by atoms with Gasteiger partial charge in [0.05, 0.1) is 17.6 Å². The summed E-state index contributed by atoms with van der Waals surface area (Å²) in [6.45, 7) is 0.758. The van der Waals surface area contributed by atoms with Crippen LogP contribution in [0.4, 0.5) is 0 Å². The van der Waals surface area contributed by atoms with Crippen LogP contribution >= 0.6 is 0 Å². The second-order valence-electron chi connectivity index (χ2n) is 4.18. The SMILES string of the molecule is O=C(CS(=O)CC1CCCO1)c1ccccc1. The number of Topliss-reactive ketones (excluding diaryl/α,β-unsaturated/α-hetero) is 1. The highest BCUT2D eigenvalue weighted by molar-refractivity contribution is 7.85. The quantitative estimate of drug-likeness (QED) is 0.750. The second-order valence-corrected chi connectivity index (χ2v) is 5.68. The summed E-state index contributed by atoms with van der Waals surface area (Å²) in [4.78, 5) is 11.8. The van der Waals surface area contributed by atoms with Crippen LogP contribution in [0.1, 0.15) is 23.2 Å². The van der Waals surface area contributed by atoms with Crippen molar-refractivity contribution >= 4 is 16.6 Å². The third-order valence-electron chi connectivity index (χ3n) is 2.78. The van der Waals surface area contributed by atoms with Gasteiger partial charge in [0.1, 0.15) is 0 Å². The lowest BCUT2D eigenvalue weighted by atomic mass is 10.2. The summed E-state index contributed by atoms with van der Waals surface area (Å²) >= 11 is 0. The topological polar surface area (TPSA) is 43.4 Å². The van der Waals surface area contributed by atoms with Crippen LogP contribution in [-0.2, 0) is 15.5 Å². The first-order chi connectivity index (χ1) is 8.25. The molecular formula is C13H16O3S. The summed E-state index contributed by atoms with van der Waals surface area (Å²) in [6.07, 6.45) is 2.08. The Morgan fingerprint density at radius 1 is 1.35 bits per heavy atom. The van der Waals surface area contributed by atoms with Crippen LogP contribution in [0.25, 0.3) is 0 Å². The molecule has 0 N–H and O–H groups in total. The molecule has 4 heteroatoms. The van der Waals surface area contributed by atoms with Crippen molar-refractivity contribution in [1.82, 2.24) is 0 Å². The highest BCUT2D eigenvalue weighted by Crippen LogP contribution is 2.13. The van der Waals surface area contributed by atoms with Crippen LogP contribution in [0.15, 0.2) is 30.3 Å². The molecule has 1 aromatic carbocycles. The van der Waals surface area contributed by atoms with Gasteiger partial charge in [0.15, 0.2) is 5.78 Å². The molecule has 0 spiro atoms. The fraction of sp³-hybridized carbons (Fsp3) is 0.462. The maximum absolute atomic E-state index is 11.8. The lowest BCUT2D eigenvalue weighted by molar-refractivity contribution is 0.102. The number of carbonyl (C=O) groups is 1. The molecule has 2 unspecified atom stereocenters. The van der Waals surface area contributed by atoms with E-state index in [2.05, 4.69) is 0 Å². The molecule has 17 heavy (non-hydrogen) atoms. The van der Waals surface area contributed by atoms with Crippen molar-refractivity contribution in [2.45, 2.75) is 18.9 Å². The number of ether oxygens (including phenoxy) is 1. The molecule has 0 aromatic heterocycles. The zero-order chi connectivity index (χ0) is 12.1. The largest absolute Gasteiger partial charge is 0.377 e. The molecule has 1 heterocycles. The summed E-state index contributed by atoms with van der Waals surface area (Å²) in [5.41, 5.74) is 0.633. The van der Waals surface area contributed by atoms with Gasteiger partial charge in [0.2, 0.25) is 0 Å². The molecule has 3 nitrogen and oxygen atoms in total. The second kappa shape index (κ2) is 6.07. The first-order valence-corrected chi connectivity index (χ1v) is 7.29. The van der Waals surface area contributed by atoms with Crippen LogP contribution in [0, 0.1) is 0 Å². The zero-order valence-electron chi connectivity index (χ0n) is 9.63. The Bertz CT molecular complexity index is 396.